The number of hydrogen-bond donors (Lipinski definition) is 1. The lowest BCUT2D eigenvalue weighted by atomic mass is 10.1. The molecule has 0 unspecified atom stereocenters. The topological polar surface area (TPSA) is 81.4 Å². The number of benzene rings is 2. The molecule has 0 saturated heterocycles. The maximum Gasteiger partial charge on any atom is 0.278 e. The quantitative estimate of drug-likeness (QED) is 0.530. The summed E-state index contributed by atoms with van der Waals surface area (Å²) in [4.78, 5) is 12.8. The molecule has 0 fully saturated rings. The fourth-order valence-electron chi connectivity index (χ4n) is 3.03. The highest BCUT2D eigenvalue weighted by molar-refractivity contribution is 6.30. The molecule has 146 valence electrons. The summed E-state index contributed by atoms with van der Waals surface area (Å²) in [5.74, 6) is 0.215. The van der Waals surface area contributed by atoms with Crippen LogP contribution in [-0.2, 0) is 0 Å². The second-order valence-corrected chi connectivity index (χ2v) is 6.75. The lowest BCUT2D eigenvalue weighted by Crippen LogP contribution is -2.19. The molecular formula is C21H18ClN5O2. The van der Waals surface area contributed by atoms with E-state index in [0.29, 0.717) is 34.4 Å². The number of nitrogens with zero attached hydrogens (tertiary/aromatic N) is 4. The molecule has 4 rings (SSSR count). The van der Waals surface area contributed by atoms with Crippen LogP contribution in [-0.4, -0.2) is 32.3 Å². The SMILES string of the molecule is CCOc1ccccc1NC(=O)c1nnc2c(-c3ccc(Cl)cc3)cnn2c1C. The number of ether oxygens (including phenoxy) is 1. The Balaban J connectivity index is 1.68. The number of aromatic nitrogens is 4. The van der Waals surface area contributed by atoms with Gasteiger partial charge >= 0.3 is 0 Å². The van der Waals surface area contributed by atoms with Gasteiger partial charge in [0.25, 0.3) is 5.91 Å². The molecule has 0 radical (unpaired) electrons. The first kappa shape index (κ1) is 18.9. The van der Waals surface area contributed by atoms with E-state index in [0.717, 1.165) is 11.1 Å². The van der Waals surface area contributed by atoms with Crippen LogP contribution in [0.15, 0.2) is 54.7 Å². The lowest BCUT2D eigenvalue weighted by molar-refractivity contribution is 0.101. The first-order valence-electron chi connectivity index (χ1n) is 9.08. The zero-order valence-electron chi connectivity index (χ0n) is 15.9. The Morgan fingerprint density at radius 1 is 1.14 bits per heavy atom. The molecule has 2 aromatic carbocycles. The maximum absolute atomic E-state index is 12.8. The average molecular weight is 408 g/mol. The third kappa shape index (κ3) is 3.64. The number of fused-ring (bicyclic) bond motifs is 1. The van der Waals surface area contributed by atoms with Crippen molar-refractivity contribution in [2.45, 2.75) is 13.8 Å². The highest BCUT2D eigenvalue weighted by atomic mass is 35.5. The first-order valence-corrected chi connectivity index (χ1v) is 9.46. The number of carbonyl (C=O) groups excluding carboxylic acids is 1. The monoisotopic (exact) mass is 407 g/mol. The van der Waals surface area contributed by atoms with E-state index in [1.165, 1.54) is 0 Å². The molecule has 0 bridgehead atoms. The Morgan fingerprint density at radius 3 is 2.66 bits per heavy atom. The first-order chi connectivity index (χ1) is 14.1. The van der Waals surface area contributed by atoms with Gasteiger partial charge in [-0.1, -0.05) is 35.9 Å². The van der Waals surface area contributed by atoms with Gasteiger partial charge in [-0.05, 0) is 43.7 Å². The molecule has 7 nitrogen and oxygen atoms in total. The average Bonchev–Trinajstić information content (AvgIpc) is 3.15. The Bertz CT molecular complexity index is 1190. The van der Waals surface area contributed by atoms with Gasteiger partial charge in [-0.3, -0.25) is 4.79 Å². The second kappa shape index (κ2) is 7.89. The van der Waals surface area contributed by atoms with Gasteiger partial charge in [0.15, 0.2) is 11.3 Å². The van der Waals surface area contributed by atoms with Crippen LogP contribution in [0.1, 0.15) is 23.1 Å². The Labute approximate surface area is 172 Å². The maximum atomic E-state index is 12.8. The van der Waals surface area contributed by atoms with Gasteiger partial charge in [0.2, 0.25) is 0 Å². The summed E-state index contributed by atoms with van der Waals surface area (Å²) < 4.78 is 7.17. The number of nitrogens with one attached hydrogen (secondary N) is 1. The predicted molar refractivity (Wildman–Crippen MR) is 112 cm³/mol. The number of carbonyl (C=O) groups is 1. The Kier molecular flexibility index (Phi) is 5.14. The van der Waals surface area contributed by atoms with Crippen molar-refractivity contribution in [3.8, 4) is 16.9 Å². The molecule has 0 aliphatic heterocycles. The van der Waals surface area contributed by atoms with E-state index in [-0.39, 0.29) is 11.6 Å². The number of anilines is 1. The molecule has 0 aliphatic rings. The standard InChI is InChI=1S/C21H18ClN5O2/c1-3-29-18-7-5-4-6-17(18)24-21(28)19-13(2)27-20(26-25-19)16(12-23-27)14-8-10-15(22)11-9-14/h4-12H,3H2,1-2H3,(H,24,28). The van der Waals surface area contributed by atoms with Crippen molar-refractivity contribution in [3.05, 3.63) is 71.1 Å². The normalized spacial score (nSPS) is 10.9. The van der Waals surface area contributed by atoms with Gasteiger partial charge in [-0.15, -0.1) is 10.2 Å². The minimum absolute atomic E-state index is 0.189. The Morgan fingerprint density at radius 2 is 1.90 bits per heavy atom. The van der Waals surface area contributed by atoms with Gasteiger partial charge < -0.3 is 10.1 Å². The van der Waals surface area contributed by atoms with Gasteiger partial charge in [0.05, 0.1) is 24.2 Å². The van der Waals surface area contributed by atoms with Crippen LogP contribution in [0, 0.1) is 6.92 Å². The molecule has 0 aliphatic carbocycles. The van der Waals surface area contributed by atoms with E-state index < -0.39 is 0 Å². The van der Waals surface area contributed by atoms with Crippen LogP contribution in [0.5, 0.6) is 5.75 Å². The van der Waals surface area contributed by atoms with Crippen molar-refractivity contribution in [2.24, 2.45) is 0 Å². The van der Waals surface area contributed by atoms with Crippen LogP contribution in [0.4, 0.5) is 5.69 Å². The molecule has 0 saturated carbocycles. The predicted octanol–water partition coefficient (Wildman–Crippen LogP) is 4.40. The molecule has 0 atom stereocenters. The van der Waals surface area contributed by atoms with Gasteiger partial charge in [-0.2, -0.15) is 5.10 Å². The van der Waals surface area contributed by atoms with Gasteiger partial charge in [0.1, 0.15) is 5.75 Å². The Hall–Kier alpha value is -3.45. The number of para-hydroxylation sites is 2. The largest absolute Gasteiger partial charge is 0.492 e. The molecule has 0 spiro atoms. The summed E-state index contributed by atoms with van der Waals surface area (Å²) in [6.07, 6.45) is 1.70. The second-order valence-electron chi connectivity index (χ2n) is 6.32. The highest BCUT2D eigenvalue weighted by Crippen LogP contribution is 2.27. The van der Waals surface area contributed by atoms with Crippen molar-refractivity contribution < 1.29 is 9.53 Å². The number of aryl methyl sites for hydroxylation is 1. The zero-order valence-corrected chi connectivity index (χ0v) is 16.6. The minimum Gasteiger partial charge on any atom is -0.492 e. The summed E-state index contributed by atoms with van der Waals surface area (Å²) in [6, 6.07) is 14.6. The third-order valence-electron chi connectivity index (χ3n) is 4.45. The molecule has 1 amide bonds. The van der Waals surface area contributed by atoms with E-state index in [1.54, 1.807) is 41.9 Å². The van der Waals surface area contributed by atoms with Crippen LogP contribution >= 0.6 is 11.6 Å². The van der Waals surface area contributed by atoms with Crippen LogP contribution in [0.3, 0.4) is 0 Å². The number of halogens is 1. The van der Waals surface area contributed by atoms with E-state index in [2.05, 4.69) is 20.6 Å². The van der Waals surface area contributed by atoms with E-state index in [4.69, 9.17) is 16.3 Å². The molecular weight excluding hydrogens is 390 g/mol. The summed E-state index contributed by atoms with van der Waals surface area (Å²) in [5, 5.41) is 16.3. The van der Waals surface area contributed by atoms with E-state index in [1.807, 2.05) is 31.2 Å². The number of hydrogen-bond acceptors (Lipinski definition) is 5. The summed E-state index contributed by atoms with van der Waals surface area (Å²) in [6.45, 7) is 4.17. The fourth-order valence-corrected chi connectivity index (χ4v) is 3.16. The molecule has 4 aromatic rings. The van der Waals surface area contributed by atoms with E-state index >= 15 is 0 Å². The van der Waals surface area contributed by atoms with Gasteiger partial charge in [0, 0.05) is 10.6 Å². The van der Waals surface area contributed by atoms with Gasteiger partial charge in [-0.25, -0.2) is 4.52 Å². The van der Waals surface area contributed by atoms with E-state index in [9.17, 15) is 4.79 Å². The molecule has 2 heterocycles. The number of rotatable bonds is 5. The molecule has 1 N–H and O–H groups in total. The smallest absolute Gasteiger partial charge is 0.278 e. The van der Waals surface area contributed by atoms with Crippen LogP contribution in [0.25, 0.3) is 16.8 Å². The van der Waals surface area contributed by atoms with Crippen LogP contribution < -0.4 is 10.1 Å². The highest BCUT2D eigenvalue weighted by Gasteiger charge is 2.19. The molecule has 29 heavy (non-hydrogen) atoms. The fraction of sp³-hybridized carbons (Fsp3) is 0.143. The molecule has 2 aromatic heterocycles. The lowest BCUT2D eigenvalue weighted by Gasteiger charge is -2.12. The summed E-state index contributed by atoms with van der Waals surface area (Å²) >= 11 is 5.97. The van der Waals surface area contributed by atoms with Crippen molar-refractivity contribution in [2.75, 3.05) is 11.9 Å². The van der Waals surface area contributed by atoms with Crippen LogP contribution in [0.2, 0.25) is 5.02 Å². The summed E-state index contributed by atoms with van der Waals surface area (Å²) in [5.41, 5.74) is 3.64. The van der Waals surface area contributed by atoms with Crippen molar-refractivity contribution in [1.29, 1.82) is 0 Å². The molecule has 8 heteroatoms. The third-order valence-corrected chi connectivity index (χ3v) is 4.71. The number of amides is 1. The van der Waals surface area contributed by atoms with Crippen molar-refractivity contribution in [1.82, 2.24) is 19.8 Å². The van der Waals surface area contributed by atoms with Crippen molar-refractivity contribution >= 4 is 28.8 Å². The van der Waals surface area contributed by atoms with Crippen molar-refractivity contribution in [3.63, 3.8) is 0 Å². The minimum atomic E-state index is -0.382. The summed E-state index contributed by atoms with van der Waals surface area (Å²) in [7, 11) is 0. The zero-order chi connectivity index (χ0) is 20.4.